The Kier molecular flexibility index (Phi) is 18.6. The van der Waals surface area contributed by atoms with E-state index in [1.165, 1.54) is 58.8 Å². The van der Waals surface area contributed by atoms with Crippen molar-refractivity contribution in [3.63, 3.8) is 0 Å². The molecule has 0 spiro atoms. The Morgan fingerprint density at radius 1 is 0.750 bits per heavy atom. The van der Waals surface area contributed by atoms with Crippen molar-refractivity contribution in [2.24, 2.45) is 0 Å². The van der Waals surface area contributed by atoms with Crippen LogP contribution >= 0.6 is 0 Å². The first-order valence-electron chi connectivity index (χ1n) is 13.4. The van der Waals surface area contributed by atoms with Gasteiger partial charge in [-0.15, -0.1) is 0 Å². The van der Waals surface area contributed by atoms with Gasteiger partial charge in [-0.3, -0.25) is 4.79 Å². The first-order valence-corrected chi connectivity index (χ1v) is 13.4. The van der Waals surface area contributed by atoms with Gasteiger partial charge in [-0.25, -0.2) is 9.59 Å². The first-order chi connectivity index (χ1) is 17.1. The van der Waals surface area contributed by atoms with Crippen molar-refractivity contribution >= 4 is 17.7 Å². The fourth-order valence-electron chi connectivity index (χ4n) is 3.78. The second-order valence-corrected chi connectivity index (χ2v) is 9.57. The highest BCUT2D eigenvalue weighted by atomic mass is 16.7. The number of rotatable bonds is 23. The molecule has 0 fully saturated rings. The van der Waals surface area contributed by atoms with Crippen LogP contribution in [0.4, 0.5) is 0 Å². The highest BCUT2D eigenvalue weighted by molar-refractivity contribution is 5.99. The molecule has 0 aliphatic rings. The highest BCUT2D eigenvalue weighted by Gasteiger charge is 2.49. The quantitative estimate of drug-likeness (QED) is 0.0767. The smallest absolute Gasteiger partial charge is 0.336 e. The van der Waals surface area contributed by atoms with Crippen LogP contribution in [0.3, 0.4) is 0 Å². The molecule has 0 aliphatic heterocycles. The van der Waals surface area contributed by atoms with Crippen molar-refractivity contribution in [3.05, 3.63) is 37.0 Å². The van der Waals surface area contributed by atoms with E-state index in [2.05, 4.69) is 19.7 Å². The minimum absolute atomic E-state index is 0.00619. The van der Waals surface area contributed by atoms with Crippen molar-refractivity contribution in [1.82, 2.24) is 0 Å². The molecule has 0 saturated carbocycles. The molecular formula is C29H48O7. The number of unbranched alkanes of at least 4 members (excludes halogenated alkanes) is 13. The molecule has 2 unspecified atom stereocenters. The van der Waals surface area contributed by atoms with Crippen LogP contribution in [0.25, 0.3) is 0 Å². The molecule has 0 rings (SSSR count). The number of aliphatic hydroxyl groups excluding tert-OH is 1. The molecule has 36 heavy (non-hydrogen) atoms. The van der Waals surface area contributed by atoms with Gasteiger partial charge >= 0.3 is 17.7 Å². The molecule has 0 aromatic heterocycles. The standard InChI is InChI=1S/C29H48O7/c1-6-25(31)29(34,36-28(33)24(4)5)26(35-27(32)23(2)3)21-19-17-15-13-11-9-7-8-10-12-14-16-18-20-22-30/h6,26,30,34H,1-2,4,7-22H2,3,5H3. The summed E-state index contributed by atoms with van der Waals surface area (Å²) >= 11 is 0. The Hall–Kier alpha value is -2.25. The summed E-state index contributed by atoms with van der Waals surface area (Å²) in [7, 11) is 0. The molecule has 0 aromatic carbocycles. The van der Waals surface area contributed by atoms with E-state index in [0.717, 1.165) is 44.6 Å². The van der Waals surface area contributed by atoms with Gasteiger partial charge in [0.25, 0.3) is 0 Å². The van der Waals surface area contributed by atoms with Gasteiger partial charge in [0, 0.05) is 17.8 Å². The van der Waals surface area contributed by atoms with E-state index in [4.69, 9.17) is 14.6 Å². The molecular weight excluding hydrogens is 460 g/mol. The molecule has 7 heteroatoms. The van der Waals surface area contributed by atoms with Gasteiger partial charge < -0.3 is 19.7 Å². The summed E-state index contributed by atoms with van der Waals surface area (Å²) in [5, 5.41) is 19.8. The lowest BCUT2D eigenvalue weighted by atomic mass is 9.97. The maximum absolute atomic E-state index is 12.4. The van der Waals surface area contributed by atoms with E-state index in [1.807, 2.05) is 0 Å². The van der Waals surface area contributed by atoms with Gasteiger partial charge in [-0.2, -0.15) is 0 Å². The SMILES string of the molecule is C=CC(=O)C(O)(OC(=O)C(=C)C)C(CCCCCCCCCCCCCCCCO)OC(=O)C(=C)C. The maximum atomic E-state index is 12.4. The Labute approximate surface area is 217 Å². The number of ketones is 1. The van der Waals surface area contributed by atoms with Crippen molar-refractivity contribution in [2.75, 3.05) is 6.61 Å². The van der Waals surface area contributed by atoms with E-state index >= 15 is 0 Å². The lowest BCUT2D eigenvalue weighted by molar-refractivity contribution is -0.240. The van der Waals surface area contributed by atoms with Gasteiger partial charge in [0.15, 0.2) is 6.10 Å². The molecule has 0 saturated heterocycles. The number of aliphatic hydroxyl groups is 2. The number of carbonyl (C=O) groups excluding carboxylic acids is 3. The molecule has 0 heterocycles. The summed E-state index contributed by atoms with van der Waals surface area (Å²) in [6.07, 6.45) is 14.9. The second-order valence-electron chi connectivity index (χ2n) is 9.57. The monoisotopic (exact) mass is 508 g/mol. The summed E-state index contributed by atoms with van der Waals surface area (Å²) < 4.78 is 10.4. The van der Waals surface area contributed by atoms with Crippen LogP contribution in [0.2, 0.25) is 0 Å². The van der Waals surface area contributed by atoms with E-state index in [1.54, 1.807) is 0 Å². The van der Waals surface area contributed by atoms with Gasteiger partial charge in [-0.1, -0.05) is 96.8 Å². The second kappa shape index (κ2) is 19.9. The van der Waals surface area contributed by atoms with Gasteiger partial charge in [0.2, 0.25) is 5.78 Å². The predicted octanol–water partition coefficient (Wildman–Crippen LogP) is 5.88. The normalized spacial score (nSPS) is 13.3. The van der Waals surface area contributed by atoms with Crippen LogP contribution in [0.5, 0.6) is 0 Å². The van der Waals surface area contributed by atoms with Crippen molar-refractivity contribution in [3.8, 4) is 0 Å². The van der Waals surface area contributed by atoms with Crippen LogP contribution < -0.4 is 0 Å². The van der Waals surface area contributed by atoms with Crippen LogP contribution in [0.1, 0.15) is 110 Å². The summed E-state index contributed by atoms with van der Waals surface area (Å²) in [6, 6.07) is 0. The van der Waals surface area contributed by atoms with Gasteiger partial charge in [-0.05, 0) is 39.2 Å². The fraction of sp³-hybridized carbons (Fsp3) is 0.690. The van der Waals surface area contributed by atoms with E-state index in [-0.39, 0.29) is 17.6 Å². The van der Waals surface area contributed by atoms with Crippen LogP contribution in [-0.4, -0.2) is 46.4 Å². The lowest BCUT2D eigenvalue weighted by Gasteiger charge is -2.33. The number of hydrogen-bond donors (Lipinski definition) is 2. The number of ether oxygens (including phenoxy) is 2. The van der Waals surface area contributed by atoms with E-state index < -0.39 is 29.6 Å². The maximum Gasteiger partial charge on any atom is 0.336 e. The Balaban J connectivity index is 4.52. The average Bonchev–Trinajstić information content (AvgIpc) is 2.84. The van der Waals surface area contributed by atoms with E-state index in [9.17, 15) is 19.5 Å². The molecule has 0 aliphatic carbocycles. The zero-order valence-electron chi connectivity index (χ0n) is 22.5. The zero-order chi connectivity index (χ0) is 27.4. The topological polar surface area (TPSA) is 110 Å². The Bertz CT molecular complexity index is 712. The molecule has 2 N–H and O–H groups in total. The summed E-state index contributed by atoms with van der Waals surface area (Å²) in [6.45, 7) is 13.5. The van der Waals surface area contributed by atoms with Crippen LogP contribution in [-0.2, 0) is 23.9 Å². The average molecular weight is 509 g/mol. The van der Waals surface area contributed by atoms with Crippen LogP contribution in [0, 0.1) is 0 Å². The molecule has 0 bridgehead atoms. The first kappa shape index (κ1) is 33.8. The van der Waals surface area contributed by atoms with Crippen LogP contribution in [0.15, 0.2) is 37.0 Å². The number of esters is 2. The predicted molar refractivity (Wildman–Crippen MR) is 142 cm³/mol. The molecule has 7 nitrogen and oxygen atoms in total. The van der Waals surface area contributed by atoms with Crippen molar-refractivity contribution in [2.45, 2.75) is 122 Å². The summed E-state index contributed by atoms with van der Waals surface area (Å²) in [5.74, 6) is -5.40. The molecule has 206 valence electrons. The minimum atomic E-state index is -2.68. The molecule has 0 amide bonds. The van der Waals surface area contributed by atoms with E-state index in [0.29, 0.717) is 13.0 Å². The highest BCUT2D eigenvalue weighted by Crippen LogP contribution is 2.26. The third-order valence-corrected chi connectivity index (χ3v) is 6.04. The van der Waals surface area contributed by atoms with Gasteiger partial charge in [0.05, 0.1) is 0 Å². The molecule has 0 radical (unpaired) electrons. The van der Waals surface area contributed by atoms with Crippen molar-refractivity contribution in [1.29, 1.82) is 0 Å². The third-order valence-electron chi connectivity index (χ3n) is 6.04. The van der Waals surface area contributed by atoms with Crippen molar-refractivity contribution < 1.29 is 34.1 Å². The molecule has 0 aromatic rings. The third kappa shape index (κ3) is 14.3. The summed E-state index contributed by atoms with van der Waals surface area (Å²) in [5.41, 5.74) is 0.0923. The number of carbonyl (C=O) groups is 3. The number of hydrogen-bond acceptors (Lipinski definition) is 7. The van der Waals surface area contributed by atoms with Gasteiger partial charge in [0.1, 0.15) is 0 Å². The Morgan fingerprint density at radius 2 is 1.14 bits per heavy atom. The Morgan fingerprint density at radius 3 is 1.50 bits per heavy atom. The minimum Gasteiger partial charge on any atom is -0.451 e. The largest absolute Gasteiger partial charge is 0.451 e. The fourth-order valence-corrected chi connectivity index (χ4v) is 3.78. The zero-order valence-corrected chi connectivity index (χ0v) is 22.5. The molecule has 2 atom stereocenters. The lowest BCUT2D eigenvalue weighted by Crippen LogP contribution is -2.54. The summed E-state index contributed by atoms with van der Waals surface area (Å²) in [4.78, 5) is 36.7.